The lowest BCUT2D eigenvalue weighted by molar-refractivity contribution is 0.276. The Bertz CT molecular complexity index is 258. The van der Waals surface area contributed by atoms with Gasteiger partial charge in [0.15, 0.2) is 0 Å². The summed E-state index contributed by atoms with van der Waals surface area (Å²) in [6.45, 7) is 0.0161. The predicted molar refractivity (Wildman–Crippen MR) is 39.9 cm³/mol. The van der Waals surface area contributed by atoms with Crippen molar-refractivity contribution in [1.82, 2.24) is 9.97 Å². The van der Waals surface area contributed by atoms with E-state index in [1.54, 1.807) is 0 Å². The molecule has 0 unspecified atom stereocenters. The van der Waals surface area contributed by atoms with Gasteiger partial charge in [0.1, 0.15) is 6.33 Å². The Labute approximate surface area is 65.1 Å². The van der Waals surface area contributed by atoms with Crippen molar-refractivity contribution < 1.29 is 5.11 Å². The molecule has 1 saturated carbocycles. The third-order valence-corrected chi connectivity index (χ3v) is 1.90. The Kier molecular flexibility index (Phi) is 1.58. The molecule has 0 radical (unpaired) electrons. The molecule has 0 spiro atoms. The van der Waals surface area contributed by atoms with Gasteiger partial charge in [-0.1, -0.05) is 0 Å². The highest BCUT2D eigenvalue weighted by Gasteiger charge is 2.24. The minimum atomic E-state index is 0.0161. The van der Waals surface area contributed by atoms with E-state index in [0.717, 1.165) is 11.4 Å². The van der Waals surface area contributed by atoms with Crippen LogP contribution in [0.5, 0.6) is 0 Å². The van der Waals surface area contributed by atoms with Crippen LogP contribution in [0, 0.1) is 0 Å². The van der Waals surface area contributed by atoms with E-state index in [0.29, 0.717) is 5.92 Å². The smallest absolute Gasteiger partial charge is 0.116 e. The lowest BCUT2D eigenvalue weighted by Gasteiger charge is -1.97. The highest BCUT2D eigenvalue weighted by Crippen LogP contribution is 2.38. The first-order valence-electron chi connectivity index (χ1n) is 3.82. The van der Waals surface area contributed by atoms with Gasteiger partial charge in [0, 0.05) is 11.6 Å². The molecule has 1 fully saturated rings. The van der Waals surface area contributed by atoms with Crippen molar-refractivity contribution >= 4 is 0 Å². The van der Waals surface area contributed by atoms with Crippen LogP contribution in [0.2, 0.25) is 0 Å². The first-order valence-corrected chi connectivity index (χ1v) is 3.82. The molecule has 0 bridgehead atoms. The van der Waals surface area contributed by atoms with Crippen molar-refractivity contribution in [2.45, 2.75) is 25.4 Å². The van der Waals surface area contributed by atoms with Crippen LogP contribution in [-0.4, -0.2) is 15.1 Å². The minimum Gasteiger partial charge on any atom is -0.390 e. The number of nitrogens with zero attached hydrogens (tertiary/aromatic N) is 2. The minimum absolute atomic E-state index is 0.0161. The standard InChI is InChI=1S/C8H10N2O/c11-4-7-3-8(6-1-2-6)10-5-9-7/h3,5-6,11H,1-2,4H2. The summed E-state index contributed by atoms with van der Waals surface area (Å²) in [5.74, 6) is 0.642. The third-order valence-electron chi connectivity index (χ3n) is 1.90. The molecule has 0 atom stereocenters. The molecule has 2 rings (SSSR count). The SMILES string of the molecule is OCc1cc(C2CC2)ncn1. The molecule has 0 amide bonds. The van der Waals surface area contributed by atoms with Gasteiger partial charge in [0.25, 0.3) is 0 Å². The average Bonchev–Trinajstić information content (AvgIpc) is 2.87. The number of aliphatic hydroxyl groups is 1. The third kappa shape index (κ3) is 1.38. The zero-order valence-electron chi connectivity index (χ0n) is 6.20. The van der Waals surface area contributed by atoms with Gasteiger partial charge in [-0.3, -0.25) is 0 Å². The van der Waals surface area contributed by atoms with E-state index in [-0.39, 0.29) is 6.61 Å². The van der Waals surface area contributed by atoms with Crippen molar-refractivity contribution in [1.29, 1.82) is 0 Å². The van der Waals surface area contributed by atoms with Crippen molar-refractivity contribution in [2.24, 2.45) is 0 Å². The molecular weight excluding hydrogens is 140 g/mol. The number of hydrogen-bond acceptors (Lipinski definition) is 3. The van der Waals surface area contributed by atoms with Crippen LogP contribution in [0.3, 0.4) is 0 Å². The molecule has 0 saturated heterocycles. The maximum Gasteiger partial charge on any atom is 0.116 e. The summed E-state index contributed by atoms with van der Waals surface area (Å²) in [7, 11) is 0. The van der Waals surface area contributed by atoms with Crippen LogP contribution >= 0.6 is 0 Å². The molecule has 1 aromatic heterocycles. The topological polar surface area (TPSA) is 46.0 Å². The largest absolute Gasteiger partial charge is 0.390 e. The fraction of sp³-hybridized carbons (Fsp3) is 0.500. The number of hydrogen-bond donors (Lipinski definition) is 1. The van der Waals surface area contributed by atoms with Crippen LogP contribution < -0.4 is 0 Å². The zero-order chi connectivity index (χ0) is 7.68. The van der Waals surface area contributed by atoms with Crippen LogP contribution in [0.15, 0.2) is 12.4 Å². The fourth-order valence-electron chi connectivity index (χ4n) is 1.10. The molecule has 1 aliphatic rings. The highest BCUT2D eigenvalue weighted by molar-refractivity contribution is 5.16. The Morgan fingerprint density at radius 2 is 2.27 bits per heavy atom. The fourth-order valence-corrected chi connectivity index (χ4v) is 1.10. The van der Waals surface area contributed by atoms with Crippen molar-refractivity contribution in [2.75, 3.05) is 0 Å². The second-order valence-electron chi connectivity index (χ2n) is 2.87. The van der Waals surface area contributed by atoms with Gasteiger partial charge < -0.3 is 5.11 Å². The summed E-state index contributed by atoms with van der Waals surface area (Å²) >= 11 is 0. The first kappa shape index (κ1) is 6.73. The van der Waals surface area contributed by atoms with Crippen LogP contribution in [-0.2, 0) is 6.61 Å². The van der Waals surface area contributed by atoms with E-state index >= 15 is 0 Å². The molecular formula is C8H10N2O. The van der Waals surface area contributed by atoms with Crippen LogP contribution in [0.4, 0.5) is 0 Å². The van der Waals surface area contributed by atoms with Crippen LogP contribution in [0.25, 0.3) is 0 Å². The van der Waals surface area contributed by atoms with Gasteiger partial charge in [0.05, 0.1) is 12.3 Å². The molecule has 11 heavy (non-hydrogen) atoms. The van der Waals surface area contributed by atoms with E-state index in [2.05, 4.69) is 9.97 Å². The Morgan fingerprint density at radius 1 is 1.45 bits per heavy atom. The van der Waals surface area contributed by atoms with Gasteiger partial charge >= 0.3 is 0 Å². The summed E-state index contributed by atoms with van der Waals surface area (Å²) in [4.78, 5) is 8.03. The second-order valence-corrected chi connectivity index (χ2v) is 2.87. The monoisotopic (exact) mass is 150 g/mol. The molecule has 1 aliphatic carbocycles. The quantitative estimate of drug-likeness (QED) is 0.679. The van der Waals surface area contributed by atoms with E-state index in [1.807, 2.05) is 6.07 Å². The van der Waals surface area contributed by atoms with Crippen LogP contribution in [0.1, 0.15) is 30.1 Å². The highest BCUT2D eigenvalue weighted by atomic mass is 16.3. The summed E-state index contributed by atoms with van der Waals surface area (Å²) in [6.07, 6.45) is 4.00. The molecule has 0 aliphatic heterocycles. The maximum atomic E-state index is 8.77. The molecule has 1 heterocycles. The Morgan fingerprint density at radius 3 is 2.91 bits per heavy atom. The maximum absolute atomic E-state index is 8.77. The van der Waals surface area contributed by atoms with Crippen molar-refractivity contribution in [3.8, 4) is 0 Å². The molecule has 0 aromatic carbocycles. The molecule has 1 aromatic rings. The molecule has 58 valence electrons. The lowest BCUT2D eigenvalue weighted by Crippen LogP contribution is -1.93. The molecule has 1 N–H and O–H groups in total. The summed E-state index contributed by atoms with van der Waals surface area (Å²) < 4.78 is 0. The zero-order valence-corrected chi connectivity index (χ0v) is 6.20. The van der Waals surface area contributed by atoms with E-state index in [9.17, 15) is 0 Å². The normalized spacial score (nSPS) is 16.8. The van der Waals surface area contributed by atoms with Gasteiger partial charge in [-0.2, -0.15) is 0 Å². The van der Waals surface area contributed by atoms with E-state index in [4.69, 9.17) is 5.11 Å². The predicted octanol–water partition coefficient (Wildman–Crippen LogP) is 0.846. The molecule has 3 nitrogen and oxygen atoms in total. The summed E-state index contributed by atoms with van der Waals surface area (Å²) in [5, 5.41) is 8.77. The summed E-state index contributed by atoms with van der Waals surface area (Å²) in [6, 6.07) is 1.89. The number of aromatic nitrogens is 2. The number of aliphatic hydroxyl groups excluding tert-OH is 1. The Balaban J connectivity index is 2.26. The number of rotatable bonds is 2. The second kappa shape index (κ2) is 2.58. The van der Waals surface area contributed by atoms with E-state index in [1.165, 1.54) is 19.2 Å². The lowest BCUT2D eigenvalue weighted by atomic mass is 10.2. The summed E-state index contributed by atoms with van der Waals surface area (Å²) in [5.41, 5.74) is 1.81. The van der Waals surface area contributed by atoms with Gasteiger partial charge in [-0.15, -0.1) is 0 Å². The van der Waals surface area contributed by atoms with Gasteiger partial charge in [0.2, 0.25) is 0 Å². The average molecular weight is 150 g/mol. The van der Waals surface area contributed by atoms with E-state index < -0.39 is 0 Å². The first-order chi connectivity index (χ1) is 5.40. The van der Waals surface area contributed by atoms with Crippen molar-refractivity contribution in [3.63, 3.8) is 0 Å². The molecule has 3 heteroatoms. The van der Waals surface area contributed by atoms with Crippen molar-refractivity contribution in [3.05, 3.63) is 23.8 Å². The van der Waals surface area contributed by atoms with Gasteiger partial charge in [-0.05, 0) is 18.9 Å². The Hall–Kier alpha value is -0.960. The van der Waals surface area contributed by atoms with Gasteiger partial charge in [-0.25, -0.2) is 9.97 Å².